The Labute approximate surface area is 79.2 Å². The van der Waals surface area contributed by atoms with E-state index in [9.17, 15) is 4.21 Å². The fourth-order valence-corrected chi connectivity index (χ4v) is 0.980. The number of benzene rings is 1. The molecule has 0 aliphatic rings. The Morgan fingerprint density at radius 1 is 1.31 bits per heavy atom. The van der Waals surface area contributed by atoms with Gasteiger partial charge in [0.15, 0.2) is 0 Å². The molecule has 0 saturated carbocycles. The molecular weight excluding hydrogens is 186 g/mol. The van der Waals surface area contributed by atoms with Gasteiger partial charge in [-0.3, -0.25) is 4.55 Å². The third-order valence-electron chi connectivity index (χ3n) is 1.33. The van der Waals surface area contributed by atoms with Gasteiger partial charge >= 0.3 is 0 Å². The molecule has 0 spiro atoms. The van der Waals surface area contributed by atoms with Gasteiger partial charge in [0.05, 0.1) is 0 Å². The van der Waals surface area contributed by atoms with Gasteiger partial charge in [-0.15, -0.1) is 0 Å². The minimum Gasteiger partial charge on any atom is -0.288 e. The lowest BCUT2D eigenvalue weighted by atomic mass is 10.2. The van der Waals surface area contributed by atoms with E-state index in [1.54, 1.807) is 12.2 Å². The second-order valence-corrected chi connectivity index (χ2v) is 2.93. The first-order chi connectivity index (χ1) is 6.29. The molecule has 1 atom stereocenters. The monoisotopic (exact) mass is 195 g/mol. The van der Waals surface area contributed by atoms with E-state index < -0.39 is 11.3 Å². The normalized spacial score (nSPS) is 13.9. The van der Waals surface area contributed by atoms with Crippen LogP contribution in [-0.4, -0.2) is 15.0 Å². The Hall–Kier alpha value is -1.26. The van der Waals surface area contributed by atoms with Gasteiger partial charge in [0.1, 0.15) is 0 Å². The van der Waals surface area contributed by atoms with Crippen molar-refractivity contribution in [1.29, 1.82) is 0 Å². The van der Waals surface area contributed by atoms with Crippen molar-refractivity contribution in [1.82, 2.24) is 0 Å². The number of hydrogen-bond donors (Lipinski definition) is 1. The summed E-state index contributed by atoms with van der Waals surface area (Å²) in [7, 11) is 0. The van der Waals surface area contributed by atoms with E-state index in [2.05, 4.69) is 4.40 Å². The highest BCUT2D eigenvalue weighted by molar-refractivity contribution is 7.77. The average molecular weight is 195 g/mol. The zero-order chi connectivity index (χ0) is 9.52. The Kier molecular flexibility index (Phi) is 4.08. The molecule has 1 aromatic carbocycles. The van der Waals surface area contributed by atoms with Crippen molar-refractivity contribution in [2.45, 2.75) is 0 Å². The molecule has 0 heterocycles. The van der Waals surface area contributed by atoms with Crippen molar-refractivity contribution in [3.63, 3.8) is 0 Å². The predicted molar refractivity (Wildman–Crippen MR) is 54.7 cm³/mol. The molecule has 0 amide bonds. The molecule has 0 radical (unpaired) electrons. The number of rotatable bonds is 3. The second-order valence-electron chi connectivity index (χ2n) is 2.26. The van der Waals surface area contributed by atoms with E-state index in [1.807, 2.05) is 30.3 Å². The number of nitrogens with zero attached hydrogens (tertiary/aromatic N) is 1. The van der Waals surface area contributed by atoms with Gasteiger partial charge in [0.2, 0.25) is 0 Å². The van der Waals surface area contributed by atoms with Crippen molar-refractivity contribution in [3.8, 4) is 0 Å². The average Bonchev–Trinajstić information content (AvgIpc) is 2.14. The summed E-state index contributed by atoms with van der Waals surface area (Å²) in [5.41, 5.74) is 1.03. The lowest BCUT2D eigenvalue weighted by Crippen LogP contribution is -1.77. The van der Waals surface area contributed by atoms with E-state index in [1.165, 1.54) is 6.21 Å². The van der Waals surface area contributed by atoms with Gasteiger partial charge < -0.3 is 0 Å². The maximum atomic E-state index is 10.1. The summed E-state index contributed by atoms with van der Waals surface area (Å²) in [4.78, 5) is 0. The smallest absolute Gasteiger partial charge is 0.281 e. The van der Waals surface area contributed by atoms with E-state index in [4.69, 9.17) is 4.55 Å². The van der Waals surface area contributed by atoms with Crippen LogP contribution in [0.3, 0.4) is 0 Å². The van der Waals surface area contributed by atoms with Crippen LogP contribution >= 0.6 is 0 Å². The maximum absolute atomic E-state index is 10.1. The van der Waals surface area contributed by atoms with E-state index in [-0.39, 0.29) is 0 Å². The van der Waals surface area contributed by atoms with Crippen LogP contribution in [-0.2, 0) is 11.3 Å². The van der Waals surface area contributed by atoms with Gasteiger partial charge in [-0.25, -0.2) is 4.21 Å². The van der Waals surface area contributed by atoms with Crippen LogP contribution in [0.2, 0.25) is 0 Å². The van der Waals surface area contributed by atoms with Gasteiger partial charge in [-0.2, -0.15) is 4.40 Å². The summed E-state index contributed by atoms with van der Waals surface area (Å²) in [5.74, 6) is 0. The molecule has 0 aliphatic carbocycles. The second kappa shape index (κ2) is 5.40. The van der Waals surface area contributed by atoms with Crippen LogP contribution in [0.5, 0.6) is 0 Å². The van der Waals surface area contributed by atoms with Crippen molar-refractivity contribution in [3.05, 3.63) is 42.0 Å². The van der Waals surface area contributed by atoms with E-state index >= 15 is 0 Å². The number of hydrogen-bond acceptors (Lipinski definition) is 1. The molecule has 1 rings (SSSR count). The van der Waals surface area contributed by atoms with Crippen LogP contribution in [0, 0.1) is 0 Å². The fraction of sp³-hybridized carbons (Fsp3) is 0. The molecule has 0 fully saturated rings. The Bertz CT molecular complexity index is 333. The highest BCUT2D eigenvalue weighted by Gasteiger charge is 1.81. The van der Waals surface area contributed by atoms with Crippen molar-refractivity contribution >= 4 is 23.6 Å². The molecule has 1 unspecified atom stereocenters. The third-order valence-corrected chi connectivity index (χ3v) is 1.63. The molecule has 0 aliphatic heterocycles. The molecule has 13 heavy (non-hydrogen) atoms. The molecule has 4 heteroatoms. The lowest BCUT2D eigenvalue weighted by Gasteiger charge is -1.87. The molecule has 0 bridgehead atoms. The van der Waals surface area contributed by atoms with Gasteiger partial charge in [0.25, 0.3) is 11.3 Å². The van der Waals surface area contributed by atoms with Crippen molar-refractivity contribution in [2.24, 2.45) is 4.40 Å². The number of allylic oxidation sites excluding steroid dienone is 1. The molecule has 3 nitrogen and oxygen atoms in total. The zero-order valence-corrected chi connectivity index (χ0v) is 7.65. The van der Waals surface area contributed by atoms with Gasteiger partial charge in [0, 0.05) is 6.21 Å². The summed E-state index contributed by atoms with van der Waals surface area (Å²) in [6.45, 7) is 0. The van der Waals surface area contributed by atoms with Crippen LogP contribution in [0.15, 0.2) is 40.8 Å². The minimum absolute atomic E-state index is 1.03. The third kappa shape index (κ3) is 4.35. The predicted octanol–water partition coefficient (Wildman–Crippen LogP) is 1.91. The van der Waals surface area contributed by atoms with E-state index in [0.29, 0.717) is 0 Å². The molecule has 0 aromatic heterocycles. The maximum Gasteiger partial charge on any atom is 0.281 e. The highest BCUT2D eigenvalue weighted by Crippen LogP contribution is 1.99. The SMILES string of the molecule is O=S(O)/N=C/C=C/c1ccccc1. The quantitative estimate of drug-likeness (QED) is 0.591. The zero-order valence-electron chi connectivity index (χ0n) is 6.83. The summed E-state index contributed by atoms with van der Waals surface area (Å²) >= 11 is -2.11. The molecule has 0 saturated heterocycles. The Morgan fingerprint density at radius 3 is 2.62 bits per heavy atom. The first-order valence-electron chi connectivity index (χ1n) is 3.66. The summed E-state index contributed by atoms with van der Waals surface area (Å²) < 4.78 is 21.6. The first kappa shape index (κ1) is 9.83. The first-order valence-corrected chi connectivity index (χ1v) is 4.72. The van der Waals surface area contributed by atoms with E-state index in [0.717, 1.165) is 5.56 Å². The molecule has 1 aromatic rings. The van der Waals surface area contributed by atoms with Crippen molar-refractivity contribution < 1.29 is 8.76 Å². The van der Waals surface area contributed by atoms with Crippen LogP contribution in [0.4, 0.5) is 0 Å². The summed E-state index contributed by atoms with van der Waals surface area (Å²) in [5, 5.41) is 0. The van der Waals surface area contributed by atoms with Gasteiger partial charge in [-0.1, -0.05) is 36.4 Å². The molecule has 1 N–H and O–H groups in total. The van der Waals surface area contributed by atoms with Crippen LogP contribution < -0.4 is 0 Å². The topological polar surface area (TPSA) is 49.7 Å². The minimum atomic E-state index is -2.11. The van der Waals surface area contributed by atoms with Crippen LogP contribution in [0.1, 0.15) is 5.56 Å². The molecular formula is C9H9NO2S. The lowest BCUT2D eigenvalue weighted by molar-refractivity contribution is 0.566. The standard InChI is InChI=1S/C9H9NO2S/c11-13(12)10-8-4-7-9-5-2-1-3-6-9/h1-8H,(H,11,12)/b7-4+,10-8+. The van der Waals surface area contributed by atoms with Gasteiger partial charge in [-0.05, 0) is 11.6 Å². The van der Waals surface area contributed by atoms with Crippen molar-refractivity contribution in [2.75, 3.05) is 0 Å². The Morgan fingerprint density at radius 2 is 2.00 bits per heavy atom. The highest BCUT2D eigenvalue weighted by atomic mass is 32.2. The summed E-state index contributed by atoms with van der Waals surface area (Å²) in [6, 6.07) is 9.62. The summed E-state index contributed by atoms with van der Waals surface area (Å²) in [6.07, 6.45) is 4.71. The van der Waals surface area contributed by atoms with Crippen LogP contribution in [0.25, 0.3) is 6.08 Å². The fourth-order valence-electron chi connectivity index (χ4n) is 0.805. The molecule has 68 valence electrons. The largest absolute Gasteiger partial charge is 0.288 e. The Balaban J connectivity index is 2.55.